The number of piperidine rings is 1. The van der Waals surface area contributed by atoms with Gasteiger partial charge in [-0.2, -0.15) is 10.1 Å². The second-order valence-electron chi connectivity index (χ2n) is 9.12. The van der Waals surface area contributed by atoms with Gasteiger partial charge in [0, 0.05) is 36.8 Å². The fourth-order valence-corrected chi connectivity index (χ4v) is 5.19. The molecule has 39 heavy (non-hydrogen) atoms. The third kappa shape index (κ3) is 6.29. The average molecular weight is 569 g/mol. The molecule has 4 N–H and O–H groups in total. The highest BCUT2D eigenvalue weighted by Crippen LogP contribution is 2.44. The van der Waals surface area contributed by atoms with E-state index in [0.717, 1.165) is 37.9 Å². The van der Waals surface area contributed by atoms with Crippen molar-refractivity contribution in [2.24, 2.45) is 0 Å². The molecular weight excluding hydrogens is 543 g/mol. The molecule has 0 atom stereocenters. The number of nitrogens with zero attached hydrogens (tertiary/aromatic N) is 4. The number of fused-ring (bicyclic) bond motifs is 1. The molecule has 4 aromatic rings. The number of rotatable bonds is 9. The van der Waals surface area contributed by atoms with Crippen LogP contribution in [0, 0.1) is 0 Å². The lowest BCUT2D eigenvalue weighted by atomic mass is 10.0. The van der Waals surface area contributed by atoms with Gasteiger partial charge in [-0.25, -0.2) is 9.55 Å². The summed E-state index contributed by atoms with van der Waals surface area (Å²) in [7, 11) is -4.81. The minimum absolute atomic E-state index is 0.0546. The fraction of sp³-hybridized carbons (Fsp3) is 0.231. The second kappa shape index (κ2) is 11.2. The molecule has 0 spiro atoms. The molecule has 1 fully saturated rings. The van der Waals surface area contributed by atoms with E-state index in [-0.39, 0.29) is 29.1 Å². The normalized spacial score (nSPS) is 13.9. The number of H-pyrrole nitrogens is 1. The molecule has 0 saturated carbocycles. The number of aromatic nitrogens is 4. The Bertz CT molecular complexity index is 1600. The molecule has 1 aliphatic heterocycles. The molecule has 5 rings (SSSR count). The Morgan fingerprint density at radius 2 is 1.97 bits per heavy atom. The van der Waals surface area contributed by atoms with Crippen LogP contribution in [-0.4, -0.2) is 48.8 Å². The quantitative estimate of drug-likeness (QED) is 0.157. The third-order valence-electron chi connectivity index (χ3n) is 6.31. The molecule has 202 valence electrons. The van der Waals surface area contributed by atoms with E-state index in [9.17, 15) is 19.1 Å². The number of hydrogen-bond donors (Lipinski definition) is 4. The topological polar surface area (TPSA) is 154 Å². The summed E-state index contributed by atoms with van der Waals surface area (Å²) >= 11 is 6.38. The van der Waals surface area contributed by atoms with Crippen LogP contribution in [0.25, 0.3) is 22.3 Å². The molecule has 0 radical (unpaired) electrons. The first-order valence-electron chi connectivity index (χ1n) is 12.3. The zero-order chi connectivity index (χ0) is 27.6. The van der Waals surface area contributed by atoms with E-state index >= 15 is 0 Å². The Morgan fingerprint density at radius 3 is 2.72 bits per heavy atom. The Morgan fingerprint density at radius 1 is 1.18 bits per heavy atom. The van der Waals surface area contributed by atoms with Crippen LogP contribution in [-0.2, 0) is 15.8 Å². The molecule has 0 bridgehead atoms. The Labute approximate surface area is 229 Å². The van der Waals surface area contributed by atoms with Crippen LogP contribution in [0.4, 0.5) is 17.3 Å². The van der Waals surface area contributed by atoms with Crippen molar-refractivity contribution >= 4 is 53.6 Å². The van der Waals surface area contributed by atoms with E-state index in [4.69, 9.17) is 16.1 Å². The first kappa shape index (κ1) is 26.8. The summed E-state index contributed by atoms with van der Waals surface area (Å²) in [4.78, 5) is 42.1. The van der Waals surface area contributed by atoms with Gasteiger partial charge in [-0.1, -0.05) is 36.4 Å². The van der Waals surface area contributed by atoms with Crippen LogP contribution in [0.5, 0.6) is 5.75 Å². The maximum absolute atomic E-state index is 11.9. The Hall–Kier alpha value is -3.76. The highest BCUT2D eigenvalue weighted by Gasteiger charge is 2.23. The van der Waals surface area contributed by atoms with E-state index in [1.54, 1.807) is 12.1 Å². The Kier molecular flexibility index (Phi) is 7.67. The van der Waals surface area contributed by atoms with Crippen LogP contribution in [0.3, 0.4) is 0 Å². The maximum Gasteiger partial charge on any atom is 0.524 e. The lowest BCUT2D eigenvalue weighted by Crippen LogP contribution is -2.29. The zero-order valence-corrected chi connectivity index (χ0v) is 22.5. The molecule has 1 saturated heterocycles. The van der Waals surface area contributed by atoms with E-state index in [2.05, 4.69) is 37.0 Å². The maximum atomic E-state index is 11.9. The number of nitrogens with one attached hydrogen (secondary N) is 2. The van der Waals surface area contributed by atoms with Crippen LogP contribution in [0.1, 0.15) is 24.8 Å². The third-order valence-corrected chi connectivity index (χ3v) is 7.01. The van der Waals surface area contributed by atoms with Gasteiger partial charge in [-0.05, 0) is 49.1 Å². The number of phosphoric ester groups is 1. The van der Waals surface area contributed by atoms with Crippen molar-refractivity contribution in [2.45, 2.75) is 25.7 Å². The summed E-state index contributed by atoms with van der Waals surface area (Å²) in [6.07, 6.45) is 4.56. The standard InChI is InChI=1S/C26H26ClN6O5P/c1-2-19(34)14-16-7-6-8-17(13-16)23-22-24(27)31-32-25(22)30-26(29-23)28-18-9-10-20(33-11-4-3-5-12-33)21(15-18)38-39(35,36)37/h2,6-10,13,15H,1,3-5,11-12,14H2,(H2,35,36,37)(H2,28,29,30,31,32). The number of anilines is 3. The van der Waals surface area contributed by atoms with Gasteiger partial charge in [-0.3, -0.25) is 19.7 Å². The molecular formula is C26H26ClN6O5P. The van der Waals surface area contributed by atoms with Gasteiger partial charge in [0.25, 0.3) is 0 Å². The number of halogens is 1. The van der Waals surface area contributed by atoms with Crippen molar-refractivity contribution in [3.8, 4) is 17.0 Å². The molecule has 2 aromatic heterocycles. The minimum atomic E-state index is -4.81. The number of carbonyl (C=O) groups is 1. The summed E-state index contributed by atoms with van der Waals surface area (Å²) in [6.45, 7) is 5.07. The van der Waals surface area contributed by atoms with Crippen molar-refractivity contribution in [3.63, 3.8) is 0 Å². The van der Waals surface area contributed by atoms with Gasteiger partial charge in [-0.15, -0.1) is 0 Å². The monoisotopic (exact) mass is 568 g/mol. The van der Waals surface area contributed by atoms with Gasteiger partial charge < -0.3 is 14.7 Å². The number of aromatic amines is 1. The average Bonchev–Trinajstić information content (AvgIpc) is 3.28. The molecule has 1 aliphatic rings. The smallest absolute Gasteiger partial charge is 0.402 e. The SMILES string of the molecule is C=CC(=O)Cc1cccc(-c2nc(Nc3ccc(N4CCCCC4)c(OP(=O)(O)O)c3)nc3n[nH]c(Cl)c23)c1. The van der Waals surface area contributed by atoms with E-state index in [1.165, 1.54) is 12.1 Å². The summed E-state index contributed by atoms with van der Waals surface area (Å²) in [5.41, 5.74) is 3.35. The van der Waals surface area contributed by atoms with Crippen molar-refractivity contribution in [1.29, 1.82) is 0 Å². The van der Waals surface area contributed by atoms with Crippen LogP contribution < -0.4 is 14.7 Å². The predicted octanol–water partition coefficient (Wildman–Crippen LogP) is 5.18. The first-order valence-corrected chi connectivity index (χ1v) is 14.2. The van der Waals surface area contributed by atoms with Gasteiger partial charge in [0.2, 0.25) is 5.95 Å². The molecule has 0 unspecified atom stereocenters. The summed E-state index contributed by atoms with van der Waals surface area (Å²) < 4.78 is 16.8. The number of benzene rings is 2. The van der Waals surface area contributed by atoms with Crippen LogP contribution in [0.15, 0.2) is 55.1 Å². The van der Waals surface area contributed by atoms with Gasteiger partial charge in [0.15, 0.2) is 17.2 Å². The van der Waals surface area contributed by atoms with Crippen LogP contribution in [0.2, 0.25) is 5.15 Å². The molecule has 13 heteroatoms. The largest absolute Gasteiger partial charge is 0.524 e. The summed E-state index contributed by atoms with van der Waals surface area (Å²) in [5, 5.41) is 10.8. The molecule has 2 aromatic carbocycles. The van der Waals surface area contributed by atoms with E-state index < -0.39 is 7.82 Å². The van der Waals surface area contributed by atoms with Crippen molar-refractivity contribution in [1.82, 2.24) is 20.2 Å². The number of carbonyl (C=O) groups excluding carboxylic acids is 1. The van der Waals surface area contributed by atoms with E-state index in [0.29, 0.717) is 33.7 Å². The van der Waals surface area contributed by atoms with Gasteiger partial charge >= 0.3 is 7.82 Å². The molecule has 0 aliphatic carbocycles. The fourth-order valence-electron chi connectivity index (χ4n) is 4.57. The van der Waals surface area contributed by atoms with Gasteiger partial charge in [0.05, 0.1) is 16.8 Å². The molecule has 0 amide bonds. The molecule has 3 heterocycles. The van der Waals surface area contributed by atoms with Crippen molar-refractivity contribution in [3.05, 3.63) is 65.8 Å². The van der Waals surface area contributed by atoms with Crippen molar-refractivity contribution < 1.29 is 23.7 Å². The highest BCUT2D eigenvalue weighted by atomic mass is 35.5. The van der Waals surface area contributed by atoms with Crippen molar-refractivity contribution in [2.75, 3.05) is 23.3 Å². The lowest BCUT2D eigenvalue weighted by molar-refractivity contribution is -0.114. The first-order chi connectivity index (χ1) is 18.7. The Balaban J connectivity index is 1.53. The highest BCUT2D eigenvalue weighted by molar-refractivity contribution is 7.46. The van der Waals surface area contributed by atoms with E-state index in [1.807, 2.05) is 24.3 Å². The zero-order valence-electron chi connectivity index (χ0n) is 20.8. The number of phosphoric acid groups is 1. The summed E-state index contributed by atoms with van der Waals surface area (Å²) in [5.74, 6) is 0.130. The number of ketones is 1. The number of allylic oxidation sites excluding steroid dienone is 1. The summed E-state index contributed by atoms with van der Waals surface area (Å²) in [6, 6.07) is 12.4. The van der Waals surface area contributed by atoms with Crippen LogP contribution >= 0.6 is 19.4 Å². The number of hydrogen-bond acceptors (Lipinski definition) is 8. The lowest BCUT2D eigenvalue weighted by Gasteiger charge is -2.30. The minimum Gasteiger partial charge on any atom is -0.402 e. The second-order valence-corrected chi connectivity index (χ2v) is 10.7. The molecule has 11 nitrogen and oxygen atoms in total. The van der Waals surface area contributed by atoms with Gasteiger partial charge in [0.1, 0.15) is 5.15 Å². The predicted molar refractivity (Wildman–Crippen MR) is 149 cm³/mol.